The second-order valence-corrected chi connectivity index (χ2v) is 10.2. The second-order valence-electron chi connectivity index (χ2n) is 9.12. The quantitative estimate of drug-likeness (QED) is 0.275. The summed E-state index contributed by atoms with van der Waals surface area (Å²) in [4.78, 5) is 0. The van der Waals surface area contributed by atoms with Crippen molar-refractivity contribution in [3.63, 3.8) is 0 Å². The molecule has 8 rings (SSSR count). The van der Waals surface area contributed by atoms with E-state index in [1.807, 2.05) is 11.3 Å². The minimum absolute atomic E-state index is 0.00288. The van der Waals surface area contributed by atoms with Crippen LogP contribution in [0, 0.1) is 0 Å². The Morgan fingerprint density at radius 1 is 0.686 bits per heavy atom. The first-order valence-corrected chi connectivity index (χ1v) is 12.7. The van der Waals surface area contributed by atoms with Crippen LogP contribution in [0.25, 0.3) is 37.0 Å². The summed E-state index contributed by atoms with van der Waals surface area (Å²) >= 11 is 1.89. The Morgan fingerprint density at radius 3 is 2.40 bits per heavy atom. The number of para-hydroxylation sites is 2. The molecule has 166 valence electrons. The van der Waals surface area contributed by atoms with Crippen LogP contribution >= 0.6 is 11.3 Å². The first-order chi connectivity index (χ1) is 17.4. The maximum absolute atomic E-state index is 3.75. The minimum atomic E-state index is 0.00288. The van der Waals surface area contributed by atoms with Gasteiger partial charge in [-0.05, 0) is 47.5 Å². The van der Waals surface area contributed by atoms with Gasteiger partial charge in [-0.2, -0.15) is 0 Å². The number of nitrogens with zero attached hydrogens (tertiary/aromatic N) is 2. The Labute approximate surface area is 207 Å². The number of nitrogens with one attached hydrogen (secondary N) is 1. The van der Waals surface area contributed by atoms with Gasteiger partial charge in [0.05, 0.1) is 17.1 Å². The van der Waals surface area contributed by atoms with E-state index in [2.05, 4.69) is 131 Å². The van der Waals surface area contributed by atoms with Gasteiger partial charge in [0.2, 0.25) is 0 Å². The zero-order chi connectivity index (χ0) is 22.9. The van der Waals surface area contributed by atoms with Gasteiger partial charge in [0.1, 0.15) is 6.17 Å². The summed E-state index contributed by atoms with van der Waals surface area (Å²) in [6, 6.07) is 37.1. The van der Waals surface area contributed by atoms with E-state index in [9.17, 15) is 0 Å². The average molecular weight is 468 g/mol. The molecule has 3 heterocycles. The third-order valence-electron chi connectivity index (χ3n) is 7.19. The topological polar surface area (TPSA) is 18.5 Å². The van der Waals surface area contributed by atoms with Gasteiger partial charge in [-0.3, -0.25) is 10.0 Å². The van der Waals surface area contributed by atoms with Crippen LogP contribution in [0.15, 0.2) is 109 Å². The van der Waals surface area contributed by atoms with E-state index < -0.39 is 0 Å². The lowest BCUT2D eigenvalue weighted by atomic mass is 9.97. The number of hydrogen-bond acceptors (Lipinski definition) is 4. The summed E-state index contributed by atoms with van der Waals surface area (Å²) in [7, 11) is 0. The summed E-state index contributed by atoms with van der Waals surface area (Å²) in [5.41, 5.74) is 6.04. The maximum Gasteiger partial charge on any atom is 0.145 e. The summed E-state index contributed by atoms with van der Waals surface area (Å²) < 4.78 is 2.70. The van der Waals surface area contributed by atoms with Crippen molar-refractivity contribution in [2.45, 2.75) is 6.17 Å². The molecule has 0 spiro atoms. The van der Waals surface area contributed by atoms with Crippen molar-refractivity contribution >= 4 is 65.4 Å². The van der Waals surface area contributed by atoms with Crippen LogP contribution in [0.2, 0.25) is 0 Å². The molecule has 2 aliphatic rings. The fourth-order valence-corrected chi connectivity index (χ4v) is 6.87. The molecule has 0 amide bonds. The number of fused-ring (bicyclic) bond motifs is 5. The number of anilines is 3. The number of benzene rings is 5. The zero-order valence-electron chi connectivity index (χ0n) is 18.8. The highest BCUT2D eigenvalue weighted by Crippen LogP contribution is 2.48. The Hall–Kier alpha value is -4.28. The summed E-state index contributed by atoms with van der Waals surface area (Å²) in [5.74, 6) is 0. The van der Waals surface area contributed by atoms with Crippen molar-refractivity contribution in [3.8, 4) is 0 Å². The molecule has 0 aliphatic carbocycles. The summed E-state index contributed by atoms with van der Waals surface area (Å²) in [6.07, 6.45) is 4.49. The van der Waals surface area contributed by atoms with Gasteiger partial charge >= 0.3 is 0 Å². The molecular weight excluding hydrogens is 446 g/mol. The van der Waals surface area contributed by atoms with Gasteiger partial charge in [0.15, 0.2) is 0 Å². The lowest BCUT2D eigenvalue weighted by molar-refractivity contribution is 0.720. The van der Waals surface area contributed by atoms with Gasteiger partial charge in [-0.1, -0.05) is 72.8 Å². The molecule has 3 nitrogen and oxygen atoms in total. The average Bonchev–Trinajstić information content (AvgIpc) is 3.49. The predicted octanol–water partition coefficient (Wildman–Crippen LogP) is 8.54. The van der Waals surface area contributed by atoms with Crippen LogP contribution in [-0.2, 0) is 0 Å². The molecule has 35 heavy (non-hydrogen) atoms. The highest BCUT2D eigenvalue weighted by Gasteiger charge is 2.35. The summed E-state index contributed by atoms with van der Waals surface area (Å²) in [6.45, 7) is 0. The fraction of sp³-hybridized carbons (Fsp3) is 0.0323. The molecule has 0 bridgehead atoms. The van der Waals surface area contributed by atoms with Crippen LogP contribution in [-0.4, -0.2) is 0 Å². The molecule has 1 unspecified atom stereocenters. The standard InChI is InChI=1S/C31H21N3S/c1-2-9-20(10-3-1)31-32-25-13-5-6-14-26(25)34(31)33-18-17-21-19-24-22-11-4-7-16-28(22)35-30(24)23-12-8-15-27(33)29(21)23/h1-19,31-32H. The van der Waals surface area contributed by atoms with Crippen molar-refractivity contribution in [2.24, 2.45) is 0 Å². The van der Waals surface area contributed by atoms with Crippen LogP contribution < -0.4 is 15.3 Å². The Bertz CT molecular complexity index is 1800. The maximum atomic E-state index is 3.75. The smallest absolute Gasteiger partial charge is 0.145 e. The van der Waals surface area contributed by atoms with Gasteiger partial charge in [-0.15, -0.1) is 11.3 Å². The van der Waals surface area contributed by atoms with Crippen LogP contribution in [0.5, 0.6) is 0 Å². The highest BCUT2D eigenvalue weighted by atomic mass is 32.1. The largest absolute Gasteiger partial charge is 0.358 e. The molecule has 1 atom stereocenters. The number of thiophene rings is 1. The zero-order valence-corrected chi connectivity index (χ0v) is 19.7. The van der Waals surface area contributed by atoms with E-state index >= 15 is 0 Å². The predicted molar refractivity (Wildman–Crippen MR) is 150 cm³/mol. The second kappa shape index (κ2) is 7.11. The lowest BCUT2D eigenvalue weighted by Gasteiger charge is -2.39. The first-order valence-electron chi connectivity index (χ1n) is 11.9. The lowest BCUT2D eigenvalue weighted by Crippen LogP contribution is -2.42. The number of hydrazine groups is 1. The van der Waals surface area contributed by atoms with E-state index in [1.165, 1.54) is 53.4 Å². The van der Waals surface area contributed by atoms with Crippen molar-refractivity contribution in [3.05, 3.63) is 120 Å². The molecule has 2 aliphatic heterocycles. The first kappa shape index (κ1) is 19.1. The minimum Gasteiger partial charge on any atom is -0.358 e. The molecule has 5 aromatic carbocycles. The van der Waals surface area contributed by atoms with Crippen LogP contribution in [0.1, 0.15) is 17.3 Å². The summed E-state index contributed by atoms with van der Waals surface area (Å²) in [5, 5.41) is 13.8. The van der Waals surface area contributed by atoms with Crippen molar-refractivity contribution < 1.29 is 0 Å². The molecule has 4 heteroatoms. The van der Waals surface area contributed by atoms with Crippen molar-refractivity contribution in [2.75, 3.05) is 15.3 Å². The molecular formula is C31H21N3S. The Kier molecular flexibility index (Phi) is 3.87. The monoisotopic (exact) mass is 467 g/mol. The van der Waals surface area contributed by atoms with E-state index in [0.717, 1.165) is 5.69 Å². The molecule has 1 N–H and O–H groups in total. The molecule has 0 fully saturated rings. The normalized spacial score (nSPS) is 16.3. The van der Waals surface area contributed by atoms with Gasteiger partial charge < -0.3 is 5.32 Å². The molecule has 0 radical (unpaired) electrons. The molecule has 0 saturated heterocycles. The van der Waals surface area contributed by atoms with Crippen LogP contribution in [0.3, 0.4) is 0 Å². The molecule has 6 aromatic rings. The van der Waals surface area contributed by atoms with E-state index in [-0.39, 0.29) is 6.17 Å². The third-order valence-corrected chi connectivity index (χ3v) is 8.41. The fourth-order valence-electron chi connectivity index (χ4n) is 5.65. The third kappa shape index (κ3) is 2.66. The number of hydrogen-bond donors (Lipinski definition) is 1. The SMILES string of the molecule is C1=CN(N2c3ccccc3NC2c2ccccc2)c2cccc3c2c1cc1c2ccccc2sc31. The molecule has 0 saturated carbocycles. The Morgan fingerprint density at radius 2 is 1.46 bits per heavy atom. The van der Waals surface area contributed by atoms with Crippen molar-refractivity contribution in [1.82, 2.24) is 0 Å². The van der Waals surface area contributed by atoms with Crippen molar-refractivity contribution in [1.29, 1.82) is 0 Å². The van der Waals surface area contributed by atoms with Crippen LogP contribution in [0.4, 0.5) is 17.1 Å². The number of rotatable bonds is 2. The Balaban J connectivity index is 1.37. The van der Waals surface area contributed by atoms with Gasteiger partial charge in [-0.25, -0.2) is 0 Å². The van der Waals surface area contributed by atoms with E-state index in [0.29, 0.717) is 0 Å². The molecule has 1 aromatic heterocycles. The van der Waals surface area contributed by atoms with E-state index in [1.54, 1.807) is 0 Å². The van der Waals surface area contributed by atoms with Gasteiger partial charge in [0, 0.05) is 37.1 Å². The van der Waals surface area contributed by atoms with Gasteiger partial charge in [0.25, 0.3) is 0 Å². The van der Waals surface area contributed by atoms with E-state index in [4.69, 9.17) is 0 Å². The highest BCUT2D eigenvalue weighted by molar-refractivity contribution is 7.26.